The Bertz CT molecular complexity index is 788. The van der Waals surface area contributed by atoms with Gasteiger partial charge in [0.1, 0.15) is 12.1 Å². The molecule has 22 heavy (non-hydrogen) atoms. The molecule has 1 N–H and O–H groups in total. The van der Waals surface area contributed by atoms with Crippen LogP contribution >= 0.6 is 0 Å². The zero-order valence-corrected chi connectivity index (χ0v) is 11.5. The Morgan fingerprint density at radius 3 is 2.82 bits per heavy atom. The predicted molar refractivity (Wildman–Crippen MR) is 76.7 cm³/mol. The number of amides is 1. The first kappa shape index (κ1) is 13.9. The summed E-state index contributed by atoms with van der Waals surface area (Å²) in [5.74, 6) is -0.636. The molecule has 0 saturated carbocycles. The van der Waals surface area contributed by atoms with Gasteiger partial charge in [-0.3, -0.25) is 4.79 Å². The summed E-state index contributed by atoms with van der Waals surface area (Å²) in [4.78, 5) is 12.2. The molecule has 0 aliphatic carbocycles. The van der Waals surface area contributed by atoms with Gasteiger partial charge < -0.3 is 5.32 Å². The standard InChI is InChI=1S/C15H12FN5O/c16-14-7-2-1-4-12(14)9-17-15(22)11-5-3-6-13(8-11)21-10-18-19-20-21/h1-8,10H,9H2,(H,17,22). The van der Waals surface area contributed by atoms with Crippen LogP contribution in [0.25, 0.3) is 5.69 Å². The van der Waals surface area contributed by atoms with E-state index in [2.05, 4.69) is 20.8 Å². The van der Waals surface area contributed by atoms with Crippen molar-refractivity contribution in [1.82, 2.24) is 25.5 Å². The minimum atomic E-state index is -0.342. The maximum atomic E-state index is 13.5. The van der Waals surface area contributed by atoms with Crippen LogP contribution in [0, 0.1) is 5.82 Å². The van der Waals surface area contributed by atoms with Crippen LogP contribution in [-0.4, -0.2) is 26.1 Å². The summed E-state index contributed by atoms with van der Waals surface area (Å²) in [5, 5.41) is 13.6. The third kappa shape index (κ3) is 2.98. The zero-order chi connectivity index (χ0) is 15.4. The average Bonchev–Trinajstić information content (AvgIpc) is 3.08. The SMILES string of the molecule is O=C(NCc1ccccc1F)c1cccc(-n2cnnn2)c1. The molecule has 3 aromatic rings. The van der Waals surface area contributed by atoms with E-state index in [4.69, 9.17) is 0 Å². The van der Waals surface area contributed by atoms with Crippen LogP contribution < -0.4 is 5.32 Å². The molecular weight excluding hydrogens is 285 g/mol. The van der Waals surface area contributed by atoms with Gasteiger partial charge in [0, 0.05) is 17.7 Å². The molecule has 0 unspecified atom stereocenters. The van der Waals surface area contributed by atoms with Crippen molar-refractivity contribution in [1.29, 1.82) is 0 Å². The highest BCUT2D eigenvalue weighted by Gasteiger charge is 2.08. The molecule has 3 rings (SSSR count). The van der Waals surface area contributed by atoms with E-state index in [9.17, 15) is 9.18 Å². The van der Waals surface area contributed by atoms with Crippen molar-refractivity contribution in [2.45, 2.75) is 6.54 Å². The molecule has 2 aromatic carbocycles. The number of tetrazole rings is 1. The van der Waals surface area contributed by atoms with E-state index in [-0.39, 0.29) is 18.3 Å². The fraction of sp³-hybridized carbons (Fsp3) is 0.0667. The van der Waals surface area contributed by atoms with Gasteiger partial charge in [-0.15, -0.1) is 5.10 Å². The number of nitrogens with one attached hydrogen (secondary N) is 1. The lowest BCUT2D eigenvalue weighted by Gasteiger charge is -2.07. The number of nitrogens with zero attached hydrogens (tertiary/aromatic N) is 4. The van der Waals surface area contributed by atoms with Crippen molar-refractivity contribution in [3.8, 4) is 5.69 Å². The van der Waals surface area contributed by atoms with Crippen LogP contribution in [0.3, 0.4) is 0 Å². The first-order valence-electron chi connectivity index (χ1n) is 6.59. The molecule has 1 aromatic heterocycles. The molecule has 7 heteroatoms. The van der Waals surface area contributed by atoms with Crippen molar-refractivity contribution in [3.05, 3.63) is 71.8 Å². The van der Waals surface area contributed by atoms with Gasteiger partial charge in [-0.05, 0) is 34.7 Å². The molecule has 0 fully saturated rings. The van der Waals surface area contributed by atoms with E-state index < -0.39 is 0 Å². The monoisotopic (exact) mass is 297 g/mol. The molecule has 0 saturated heterocycles. The number of aromatic nitrogens is 4. The summed E-state index contributed by atoms with van der Waals surface area (Å²) in [6, 6.07) is 13.2. The Hall–Kier alpha value is -3.09. The van der Waals surface area contributed by atoms with Crippen molar-refractivity contribution in [2.75, 3.05) is 0 Å². The smallest absolute Gasteiger partial charge is 0.251 e. The number of hydrogen-bond acceptors (Lipinski definition) is 4. The van der Waals surface area contributed by atoms with Crippen LogP contribution in [0.2, 0.25) is 0 Å². The highest BCUT2D eigenvalue weighted by Crippen LogP contribution is 2.10. The van der Waals surface area contributed by atoms with Gasteiger partial charge in [-0.2, -0.15) is 0 Å². The molecule has 0 bridgehead atoms. The Kier molecular flexibility index (Phi) is 3.86. The second kappa shape index (κ2) is 6.13. The molecule has 0 atom stereocenters. The van der Waals surface area contributed by atoms with Crippen LogP contribution in [0.4, 0.5) is 4.39 Å². The third-order valence-electron chi connectivity index (χ3n) is 3.12. The molecule has 0 spiro atoms. The molecule has 0 aliphatic rings. The highest BCUT2D eigenvalue weighted by molar-refractivity contribution is 5.94. The van der Waals surface area contributed by atoms with Crippen molar-refractivity contribution in [3.63, 3.8) is 0 Å². The summed E-state index contributed by atoms with van der Waals surface area (Å²) in [5.41, 5.74) is 1.56. The van der Waals surface area contributed by atoms with Crippen molar-refractivity contribution >= 4 is 5.91 Å². The first-order chi connectivity index (χ1) is 10.7. The van der Waals surface area contributed by atoms with Gasteiger partial charge >= 0.3 is 0 Å². The van der Waals surface area contributed by atoms with E-state index in [0.29, 0.717) is 16.8 Å². The maximum absolute atomic E-state index is 13.5. The number of halogens is 1. The molecule has 110 valence electrons. The van der Waals surface area contributed by atoms with Crippen LogP contribution in [-0.2, 0) is 6.54 Å². The zero-order valence-electron chi connectivity index (χ0n) is 11.5. The van der Waals surface area contributed by atoms with E-state index in [1.165, 1.54) is 17.1 Å². The summed E-state index contributed by atoms with van der Waals surface area (Å²) >= 11 is 0. The third-order valence-corrected chi connectivity index (χ3v) is 3.12. The predicted octanol–water partition coefficient (Wildman–Crippen LogP) is 1.73. The minimum Gasteiger partial charge on any atom is -0.348 e. The van der Waals surface area contributed by atoms with Gasteiger partial charge in [0.05, 0.1) is 5.69 Å². The Morgan fingerprint density at radius 2 is 2.05 bits per heavy atom. The molecule has 0 radical (unpaired) electrons. The van der Waals surface area contributed by atoms with Gasteiger partial charge in [0.25, 0.3) is 5.91 Å². The minimum absolute atomic E-state index is 0.126. The number of hydrogen-bond donors (Lipinski definition) is 1. The van der Waals surface area contributed by atoms with E-state index >= 15 is 0 Å². The lowest BCUT2D eigenvalue weighted by atomic mass is 10.1. The summed E-state index contributed by atoms with van der Waals surface area (Å²) in [6.07, 6.45) is 1.44. The van der Waals surface area contributed by atoms with E-state index in [0.717, 1.165) is 0 Å². The average molecular weight is 297 g/mol. The topological polar surface area (TPSA) is 72.7 Å². The molecule has 1 amide bonds. The number of carbonyl (C=O) groups is 1. The van der Waals surface area contributed by atoms with Gasteiger partial charge in [0.15, 0.2) is 0 Å². The first-order valence-corrected chi connectivity index (χ1v) is 6.59. The fourth-order valence-electron chi connectivity index (χ4n) is 1.99. The van der Waals surface area contributed by atoms with Crippen molar-refractivity contribution in [2.24, 2.45) is 0 Å². The molecular formula is C15H12FN5O. The lowest BCUT2D eigenvalue weighted by molar-refractivity contribution is 0.0950. The van der Waals surface area contributed by atoms with Gasteiger partial charge in [-0.1, -0.05) is 24.3 Å². The van der Waals surface area contributed by atoms with E-state index in [1.54, 1.807) is 42.5 Å². The maximum Gasteiger partial charge on any atom is 0.251 e. The normalized spacial score (nSPS) is 10.4. The van der Waals surface area contributed by atoms with E-state index in [1.807, 2.05) is 0 Å². The molecule has 6 nitrogen and oxygen atoms in total. The highest BCUT2D eigenvalue weighted by atomic mass is 19.1. The summed E-state index contributed by atoms with van der Waals surface area (Å²) in [7, 11) is 0. The fourth-order valence-corrected chi connectivity index (χ4v) is 1.99. The second-order valence-electron chi connectivity index (χ2n) is 4.58. The largest absolute Gasteiger partial charge is 0.348 e. The molecule has 1 heterocycles. The Morgan fingerprint density at radius 1 is 1.18 bits per heavy atom. The lowest BCUT2D eigenvalue weighted by Crippen LogP contribution is -2.23. The number of carbonyl (C=O) groups excluding carboxylic acids is 1. The van der Waals surface area contributed by atoms with Crippen LogP contribution in [0.1, 0.15) is 15.9 Å². The molecule has 0 aliphatic heterocycles. The summed E-state index contributed by atoms with van der Waals surface area (Å²) in [6.45, 7) is 0.126. The Balaban J connectivity index is 1.73. The van der Waals surface area contributed by atoms with Crippen molar-refractivity contribution < 1.29 is 9.18 Å². The van der Waals surface area contributed by atoms with Crippen LogP contribution in [0.5, 0.6) is 0 Å². The summed E-state index contributed by atoms with van der Waals surface area (Å²) < 4.78 is 15.0. The second-order valence-corrected chi connectivity index (χ2v) is 4.58. The number of benzene rings is 2. The Labute approximate surface area is 125 Å². The van der Waals surface area contributed by atoms with Gasteiger partial charge in [0.2, 0.25) is 0 Å². The van der Waals surface area contributed by atoms with Crippen LogP contribution in [0.15, 0.2) is 54.9 Å². The van der Waals surface area contributed by atoms with Gasteiger partial charge in [-0.25, -0.2) is 9.07 Å². The number of rotatable bonds is 4. The quantitative estimate of drug-likeness (QED) is 0.796.